The second kappa shape index (κ2) is 5.77. The van der Waals surface area contributed by atoms with Gasteiger partial charge in [-0.2, -0.15) is 0 Å². The van der Waals surface area contributed by atoms with E-state index in [9.17, 15) is 0 Å². The highest BCUT2D eigenvalue weighted by Crippen LogP contribution is 2.46. The minimum atomic E-state index is 0.0864. The normalized spacial score (nSPS) is 34.2. The molecule has 18 heavy (non-hydrogen) atoms. The number of ether oxygens (including phenoxy) is 1. The predicted octanol–water partition coefficient (Wildman–Crippen LogP) is 5.11. The average Bonchev–Trinajstić information content (AvgIpc) is 2.33. The molecule has 0 unspecified atom stereocenters. The molecule has 1 heteroatoms. The molecule has 0 amide bonds. The quantitative estimate of drug-likeness (QED) is 0.487. The molecule has 0 aromatic carbocycles. The van der Waals surface area contributed by atoms with E-state index in [0.717, 1.165) is 5.92 Å². The first kappa shape index (κ1) is 14.1. The molecular formula is C17H30O. The zero-order valence-electron chi connectivity index (χ0n) is 12.7. The van der Waals surface area contributed by atoms with Crippen LogP contribution in [0, 0.1) is 11.8 Å². The molecule has 1 nitrogen and oxygen atoms in total. The van der Waals surface area contributed by atoms with Gasteiger partial charge in [0.05, 0.1) is 11.7 Å². The van der Waals surface area contributed by atoms with E-state index >= 15 is 0 Å². The Morgan fingerprint density at radius 1 is 1.28 bits per heavy atom. The first-order chi connectivity index (χ1) is 8.54. The van der Waals surface area contributed by atoms with Gasteiger partial charge in [-0.3, -0.25) is 0 Å². The fourth-order valence-corrected chi connectivity index (χ4v) is 3.68. The van der Waals surface area contributed by atoms with E-state index in [2.05, 4.69) is 33.8 Å². The Bertz CT molecular complexity index is 303. The van der Waals surface area contributed by atoms with Crippen molar-refractivity contribution in [2.75, 3.05) is 0 Å². The third-order valence-corrected chi connectivity index (χ3v) is 5.08. The maximum Gasteiger partial charge on any atom is 0.0661 e. The van der Waals surface area contributed by atoms with Crippen LogP contribution in [0.25, 0.3) is 0 Å². The van der Waals surface area contributed by atoms with Gasteiger partial charge >= 0.3 is 0 Å². The summed E-state index contributed by atoms with van der Waals surface area (Å²) < 4.78 is 6.45. The molecule has 0 N–H and O–H groups in total. The number of fused-ring (bicyclic) bond motifs is 2. The van der Waals surface area contributed by atoms with Gasteiger partial charge < -0.3 is 4.74 Å². The van der Waals surface area contributed by atoms with E-state index < -0.39 is 0 Å². The van der Waals surface area contributed by atoms with Crippen molar-refractivity contribution < 1.29 is 4.74 Å². The summed E-state index contributed by atoms with van der Waals surface area (Å²) in [5, 5.41) is 0. The van der Waals surface area contributed by atoms with Crippen LogP contribution in [0.1, 0.15) is 72.6 Å². The highest BCUT2D eigenvalue weighted by Gasteiger charge is 2.44. The lowest BCUT2D eigenvalue weighted by Crippen LogP contribution is -2.49. The molecule has 1 fully saturated rings. The van der Waals surface area contributed by atoms with Crippen molar-refractivity contribution >= 4 is 0 Å². The van der Waals surface area contributed by atoms with Gasteiger partial charge in [0.25, 0.3) is 0 Å². The van der Waals surface area contributed by atoms with Crippen LogP contribution in [0.5, 0.6) is 0 Å². The van der Waals surface area contributed by atoms with Crippen molar-refractivity contribution in [1.82, 2.24) is 0 Å². The molecule has 0 spiro atoms. The van der Waals surface area contributed by atoms with Crippen molar-refractivity contribution in [2.45, 2.75) is 84.3 Å². The van der Waals surface area contributed by atoms with Crippen molar-refractivity contribution in [3.05, 3.63) is 11.6 Å². The Hall–Kier alpha value is -0.300. The lowest BCUT2D eigenvalue weighted by molar-refractivity contribution is -0.166. The SMILES string of the molecule is CCCCCC[C@@H]1OC(C)(C)[C@@H]2CC=C(C)[C@H]1C2. The Labute approximate surface area is 113 Å². The number of allylic oxidation sites excluding steroid dienone is 1. The van der Waals surface area contributed by atoms with Crippen LogP contribution in [0.4, 0.5) is 0 Å². The van der Waals surface area contributed by atoms with Crippen LogP contribution in [-0.2, 0) is 4.74 Å². The highest BCUT2D eigenvalue weighted by atomic mass is 16.5. The monoisotopic (exact) mass is 250 g/mol. The topological polar surface area (TPSA) is 9.23 Å². The standard InChI is InChI=1S/C17H30O/c1-5-6-7-8-9-16-15-12-14(11-10-13(15)2)17(3,4)18-16/h10,14-16H,5-9,11-12H2,1-4H3/t14-,15-,16+/m1/s1. The summed E-state index contributed by atoms with van der Waals surface area (Å²) >= 11 is 0. The fraction of sp³-hybridized carbons (Fsp3) is 0.882. The van der Waals surface area contributed by atoms with E-state index in [1.807, 2.05) is 0 Å². The van der Waals surface area contributed by atoms with Gasteiger partial charge in [0.15, 0.2) is 0 Å². The summed E-state index contributed by atoms with van der Waals surface area (Å²) in [6.07, 6.45) is 12.2. The van der Waals surface area contributed by atoms with Crippen molar-refractivity contribution in [2.24, 2.45) is 11.8 Å². The summed E-state index contributed by atoms with van der Waals surface area (Å²) in [5.74, 6) is 1.44. The second-order valence-electron chi connectivity index (χ2n) is 6.83. The zero-order valence-corrected chi connectivity index (χ0v) is 12.7. The van der Waals surface area contributed by atoms with Gasteiger partial charge in [-0.1, -0.05) is 44.3 Å². The second-order valence-corrected chi connectivity index (χ2v) is 6.83. The maximum absolute atomic E-state index is 6.45. The molecule has 0 aromatic rings. The summed E-state index contributed by atoms with van der Waals surface area (Å²) in [6, 6.07) is 0. The average molecular weight is 250 g/mol. The fourth-order valence-electron chi connectivity index (χ4n) is 3.68. The first-order valence-electron chi connectivity index (χ1n) is 7.89. The van der Waals surface area contributed by atoms with Gasteiger partial charge in [0, 0.05) is 5.92 Å². The third kappa shape index (κ3) is 2.99. The lowest BCUT2D eigenvalue weighted by atomic mass is 9.69. The molecule has 3 atom stereocenters. The number of unbranched alkanes of at least 4 members (excludes halogenated alkanes) is 3. The Kier molecular flexibility index (Phi) is 4.53. The minimum absolute atomic E-state index is 0.0864. The molecule has 2 bridgehead atoms. The van der Waals surface area contributed by atoms with Crippen molar-refractivity contribution in [3.63, 3.8) is 0 Å². The minimum Gasteiger partial charge on any atom is -0.371 e. The molecule has 0 aromatic heterocycles. The van der Waals surface area contributed by atoms with E-state index in [1.54, 1.807) is 5.57 Å². The number of rotatable bonds is 5. The maximum atomic E-state index is 6.45. The van der Waals surface area contributed by atoms with Crippen LogP contribution in [0.2, 0.25) is 0 Å². The van der Waals surface area contributed by atoms with E-state index in [-0.39, 0.29) is 5.60 Å². The van der Waals surface area contributed by atoms with Crippen LogP contribution < -0.4 is 0 Å². The van der Waals surface area contributed by atoms with E-state index in [0.29, 0.717) is 12.0 Å². The van der Waals surface area contributed by atoms with Crippen LogP contribution >= 0.6 is 0 Å². The molecule has 104 valence electrons. The lowest BCUT2D eigenvalue weighted by Gasteiger charge is -2.49. The van der Waals surface area contributed by atoms with E-state index in [1.165, 1.54) is 44.9 Å². The highest BCUT2D eigenvalue weighted by molar-refractivity contribution is 5.14. The van der Waals surface area contributed by atoms with Gasteiger partial charge in [0.1, 0.15) is 0 Å². The molecular weight excluding hydrogens is 220 g/mol. The molecule has 1 aliphatic heterocycles. The van der Waals surface area contributed by atoms with Crippen LogP contribution in [-0.4, -0.2) is 11.7 Å². The molecule has 0 radical (unpaired) electrons. The number of hydrogen-bond donors (Lipinski definition) is 0. The van der Waals surface area contributed by atoms with Gasteiger partial charge in [-0.15, -0.1) is 0 Å². The van der Waals surface area contributed by atoms with Gasteiger partial charge in [-0.05, 0) is 46.0 Å². The molecule has 1 heterocycles. The molecule has 1 saturated heterocycles. The summed E-state index contributed by atoms with van der Waals surface area (Å²) in [5.41, 5.74) is 1.67. The summed E-state index contributed by atoms with van der Waals surface area (Å²) in [7, 11) is 0. The summed E-state index contributed by atoms with van der Waals surface area (Å²) in [6.45, 7) is 9.17. The van der Waals surface area contributed by atoms with Crippen LogP contribution in [0.3, 0.4) is 0 Å². The Morgan fingerprint density at radius 2 is 2.06 bits per heavy atom. The van der Waals surface area contributed by atoms with Crippen molar-refractivity contribution in [1.29, 1.82) is 0 Å². The zero-order chi connectivity index (χ0) is 13.2. The summed E-state index contributed by atoms with van der Waals surface area (Å²) in [4.78, 5) is 0. The predicted molar refractivity (Wildman–Crippen MR) is 77.7 cm³/mol. The Balaban J connectivity index is 1.96. The third-order valence-electron chi connectivity index (χ3n) is 5.08. The number of hydrogen-bond acceptors (Lipinski definition) is 1. The largest absolute Gasteiger partial charge is 0.371 e. The van der Waals surface area contributed by atoms with Crippen molar-refractivity contribution in [3.8, 4) is 0 Å². The molecule has 2 aliphatic rings. The molecule has 0 saturated carbocycles. The molecule has 2 rings (SSSR count). The Morgan fingerprint density at radius 3 is 2.78 bits per heavy atom. The van der Waals surface area contributed by atoms with Crippen LogP contribution in [0.15, 0.2) is 11.6 Å². The van der Waals surface area contributed by atoms with Gasteiger partial charge in [0.2, 0.25) is 0 Å². The smallest absolute Gasteiger partial charge is 0.0661 e. The van der Waals surface area contributed by atoms with Gasteiger partial charge in [-0.25, -0.2) is 0 Å². The molecule has 1 aliphatic carbocycles. The van der Waals surface area contributed by atoms with E-state index in [4.69, 9.17) is 4.74 Å². The first-order valence-corrected chi connectivity index (χ1v) is 7.89.